The van der Waals surface area contributed by atoms with Crippen molar-refractivity contribution in [2.24, 2.45) is 5.73 Å². The molecule has 0 saturated heterocycles. The van der Waals surface area contributed by atoms with Crippen LogP contribution in [0.15, 0.2) is 41.3 Å². The Labute approximate surface area is 102 Å². The molecule has 0 aliphatic carbocycles. The van der Waals surface area contributed by atoms with Gasteiger partial charge in [0.25, 0.3) is 0 Å². The molecule has 0 atom stereocenters. The zero-order chi connectivity index (χ0) is 12.4. The van der Waals surface area contributed by atoms with Crippen LogP contribution in [-0.2, 0) is 6.54 Å². The van der Waals surface area contributed by atoms with Crippen molar-refractivity contribution in [1.29, 1.82) is 0 Å². The van der Waals surface area contributed by atoms with Gasteiger partial charge in [0.15, 0.2) is 5.76 Å². The molecule has 0 fully saturated rings. The van der Waals surface area contributed by atoms with E-state index in [4.69, 9.17) is 10.3 Å². The van der Waals surface area contributed by atoms with Crippen LogP contribution >= 0.6 is 0 Å². The summed E-state index contributed by atoms with van der Waals surface area (Å²) in [5, 5.41) is 14.8. The lowest BCUT2D eigenvalue weighted by atomic mass is 10.1. The first-order valence-corrected chi connectivity index (χ1v) is 5.36. The maximum atomic E-state index is 5.63. The molecule has 3 rings (SSSR count). The molecule has 0 aliphatic heterocycles. The Bertz CT molecular complexity index is 645. The Morgan fingerprint density at radius 3 is 3.06 bits per heavy atom. The predicted molar refractivity (Wildman–Crippen MR) is 62.5 cm³/mol. The van der Waals surface area contributed by atoms with Gasteiger partial charge in [-0.3, -0.25) is 0 Å². The number of tetrazole rings is 1. The van der Waals surface area contributed by atoms with Crippen molar-refractivity contribution in [3.63, 3.8) is 0 Å². The highest BCUT2D eigenvalue weighted by molar-refractivity contribution is 5.63. The summed E-state index contributed by atoms with van der Waals surface area (Å²) in [5.41, 5.74) is 8.23. The standard InChI is InChI=1S/C11H10N6O/c12-5-9-6-14-18-11(9)8-2-1-3-10(4-8)17-7-13-15-16-17/h1-4,6-7H,5,12H2. The van der Waals surface area contributed by atoms with Gasteiger partial charge in [0.05, 0.1) is 11.9 Å². The van der Waals surface area contributed by atoms with Crippen LogP contribution in [0.5, 0.6) is 0 Å². The number of hydrogen-bond donors (Lipinski definition) is 1. The van der Waals surface area contributed by atoms with E-state index < -0.39 is 0 Å². The molecule has 2 heterocycles. The number of nitrogens with zero attached hydrogens (tertiary/aromatic N) is 5. The molecule has 1 aromatic carbocycles. The van der Waals surface area contributed by atoms with E-state index in [2.05, 4.69) is 20.7 Å². The SMILES string of the molecule is NCc1cnoc1-c1cccc(-n2cnnn2)c1. The normalized spacial score (nSPS) is 10.7. The Balaban J connectivity index is 2.06. The van der Waals surface area contributed by atoms with Crippen molar-refractivity contribution >= 4 is 0 Å². The third kappa shape index (κ3) is 1.76. The van der Waals surface area contributed by atoms with Crippen LogP contribution in [0.25, 0.3) is 17.0 Å². The summed E-state index contributed by atoms with van der Waals surface area (Å²) in [5.74, 6) is 0.674. The average Bonchev–Trinajstić information content (AvgIpc) is 3.10. The Morgan fingerprint density at radius 2 is 2.28 bits per heavy atom. The van der Waals surface area contributed by atoms with Crippen molar-refractivity contribution in [3.8, 4) is 17.0 Å². The van der Waals surface area contributed by atoms with Gasteiger partial charge in [0.1, 0.15) is 6.33 Å². The summed E-state index contributed by atoms with van der Waals surface area (Å²) in [6.45, 7) is 0.383. The molecule has 0 unspecified atom stereocenters. The molecule has 2 aromatic heterocycles. The molecule has 2 N–H and O–H groups in total. The predicted octanol–water partition coefficient (Wildman–Crippen LogP) is 0.776. The lowest BCUT2D eigenvalue weighted by Gasteiger charge is -2.02. The van der Waals surface area contributed by atoms with E-state index in [0.717, 1.165) is 16.8 Å². The summed E-state index contributed by atoms with van der Waals surface area (Å²) >= 11 is 0. The maximum Gasteiger partial charge on any atom is 0.171 e. The van der Waals surface area contributed by atoms with Crippen molar-refractivity contribution < 1.29 is 4.52 Å². The third-order valence-corrected chi connectivity index (χ3v) is 2.59. The third-order valence-electron chi connectivity index (χ3n) is 2.59. The Hall–Kier alpha value is -2.54. The van der Waals surface area contributed by atoms with E-state index in [-0.39, 0.29) is 0 Å². The summed E-state index contributed by atoms with van der Waals surface area (Å²) in [7, 11) is 0. The van der Waals surface area contributed by atoms with Crippen LogP contribution in [0.3, 0.4) is 0 Å². The van der Waals surface area contributed by atoms with Gasteiger partial charge >= 0.3 is 0 Å². The molecule has 0 aliphatic rings. The largest absolute Gasteiger partial charge is 0.356 e. The summed E-state index contributed by atoms with van der Waals surface area (Å²) in [6.07, 6.45) is 3.16. The first-order valence-electron chi connectivity index (χ1n) is 5.36. The van der Waals surface area contributed by atoms with Gasteiger partial charge in [0, 0.05) is 17.7 Å². The molecule has 7 heteroatoms. The number of aromatic nitrogens is 5. The summed E-state index contributed by atoms with van der Waals surface area (Å²) in [6, 6.07) is 7.64. The zero-order valence-corrected chi connectivity index (χ0v) is 9.39. The summed E-state index contributed by atoms with van der Waals surface area (Å²) in [4.78, 5) is 0. The first-order chi connectivity index (χ1) is 8.88. The van der Waals surface area contributed by atoms with Crippen LogP contribution < -0.4 is 5.73 Å². The molecule has 90 valence electrons. The van der Waals surface area contributed by atoms with Gasteiger partial charge in [-0.05, 0) is 22.6 Å². The van der Waals surface area contributed by atoms with E-state index in [1.54, 1.807) is 10.9 Å². The smallest absolute Gasteiger partial charge is 0.171 e. The molecule has 0 saturated carbocycles. The fraction of sp³-hybridized carbons (Fsp3) is 0.0909. The van der Waals surface area contributed by atoms with Crippen molar-refractivity contribution in [2.75, 3.05) is 0 Å². The van der Waals surface area contributed by atoms with Gasteiger partial charge in [-0.15, -0.1) is 5.10 Å². The van der Waals surface area contributed by atoms with Crippen molar-refractivity contribution in [2.45, 2.75) is 6.54 Å². The second kappa shape index (κ2) is 4.38. The molecule has 0 radical (unpaired) electrons. The summed E-state index contributed by atoms with van der Waals surface area (Å²) < 4.78 is 6.79. The number of rotatable bonds is 3. The molecule has 0 bridgehead atoms. The molecule has 3 aromatic rings. The van der Waals surface area contributed by atoms with E-state index in [1.807, 2.05) is 24.3 Å². The van der Waals surface area contributed by atoms with Gasteiger partial charge in [-0.2, -0.15) is 0 Å². The Kier molecular flexibility index (Phi) is 2.58. The fourth-order valence-electron chi connectivity index (χ4n) is 1.71. The first kappa shape index (κ1) is 10.6. The van der Waals surface area contributed by atoms with Crippen molar-refractivity contribution in [1.82, 2.24) is 25.4 Å². The zero-order valence-electron chi connectivity index (χ0n) is 9.39. The van der Waals surface area contributed by atoms with Gasteiger partial charge in [-0.1, -0.05) is 17.3 Å². The molecule has 0 amide bonds. The lowest BCUT2D eigenvalue weighted by molar-refractivity contribution is 0.431. The molecular weight excluding hydrogens is 232 g/mol. The van der Waals surface area contributed by atoms with Crippen LogP contribution in [0.1, 0.15) is 5.56 Å². The minimum atomic E-state index is 0.383. The van der Waals surface area contributed by atoms with E-state index >= 15 is 0 Å². The lowest BCUT2D eigenvalue weighted by Crippen LogP contribution is -1.97. The fourth-order valence-corrected chi connectivity index (χ4v) is 1.71. The number of benzene rings is 1. The minimum absolute atomic E-state index is 0.383. The highest BCUT2D eigenvalue weighted by Gasteiger charge is 2.10. The van der Waals surface area contributed by atoms with Crippen LogP contribution in [0.4, 0.5) is 0 Å². The monoisotopic (exact) mass is 242 g/mol. The second-order valence-electron chi connectivity index (χ2n) is 3.69. The molecule has 18 heavy (non-hydrogen) atoms. The minimum Gasteiger partial charge on any atom is -0.356 e. The number of nitrogens with two attached hydrogens (primary N) is 1. The second-order valence-corrected chi connectivity index (χ2v) is 3.69. The van der Waals surface area contributed by atoms with E-state index in [0.29, 0.717) is 12.3 Å². The van der Waals surface area contributed by atoms with Crippen LogP contribution in [0, 0.1) is 0 Å². The molecular formula is C11H10N6O. The van der Waals surface area contributed by atoms with Gasteiger partial charge < -0.3 is 10.3 Å². The molecule has 7 nitrogen and oxygen atoms in total. The highest BCUT2D eigenvalue weighted by Crippen LogP contribution is 2.24. The highest BCUT2D eigenvalue weighted by atomic mass is 16.5. The molecule has 0 spiro atoms. The van der Waals surface area contributed by atoms with Crippen LogP contribution in [-0.4, -0.2) is 25.4 Å². The van der Waals surface area contributed by atoms with Crippen molar-refractivity contribution in [3.05, 3.63) is 42.4 Å². The average molecular weight is 242 g/mol. The van der Waals surface area contributed by atoms with Crippen LogP contribution in [0.2, 0.25) is 0 Å². The van der Waals surface area contributed by atoms with Gasteiger partial charge in [-0.25, -0.2) is 4.68 Å². The van der Waals surface area contributed by atoms with E-state index in [1.165, 1.54) is 6.33 Å². The van der Waals surface area contributed by atoms with E-state index in [9.17, 15) is 0 Å². The quantitative estimate of drug-likeness (QED) is 0.729. The Morgan fingerprint density at radius 1 is 1.33 bits per heavy atom. The topological polar surface area (TPSA) is 95.7 Å². The number of hydrogen-bond acceptors (Lipinski definition) is 6. The van der Waals surface area contributed by atoms with Gasteiger partial charge in [0.2, 0.25) is 0 Å². The maximum absolute atomic E-state index is 5.63.